The standard InChI is InChI=1S/C26H35N5O5S/c1-17-15-36-13-12-31(17)22-14-21(26(10-11-26)37(34,35)20-8-9-20)28-23(29-22)18-4-6-19(7-5-18)27-24(33)30-25(2,3)16-32/h4-7,14,17,20,32H,8-13,15-16H2,1-3H3,(H2,27,30,33)/t17-/m0/s1. The molecule has 1 aliphatic heterocycles. The lowest BCUT2D eigenvalue weighted by atomic mass is 10.1. The predicted molar refractivity (Wildman–Crippen MR) is 141 cm³/mol. The first-order valence-electron chi connectivity index (χ1n) is 12.8. The summed E-state index contributed by atoms with van der Waals surface area (Å²) in [5, 5.41) is 14.6. The van der Waals surface area contributed by atoms with E-state index in [1.54, 1.807) is 26.0 Å². The van der Waals surface area contributed by atoms with E-state index in [1.807, 2.05) is 18.2 Å². The number of aromatic nitrogens is 2. The van der Waals surface area contributed by atoms with Gasteiger partial charge in [0.05, 0.1) is 42.3 Å². The third kappa shape index (κ3) is 5.17. The Bertz CT molecular complexity index is 1270. The number of rotatable bonds is 8. The monoisotopic (exact) mass is 529 g/mol. The molecule has 5 rings (SSSR count). The van der Waals surface area contributed by atoms with Crippen LogP contribution in [0.2, 0.25) is 0 Å². The number of hydrogen-bond acceptors (Lipinski definition) is 8. The van der Waals surface area contributed by atoms with Crippen LogP contribution in [-0.4, -0.2) is 72.7 Å². The SMILES string of the molecule is C[C@H]1COCCN1c1cc(C2(S(=O)(=O)C3CC3)CC2)nc(-c2ccc(NC(=O)NC(C)(C)CO)cc2)n1. The van der Waals surface area contributed by atoms with Gasteiger partial charge in [-0.2, -0.15) is 0 Å². The fraction of sp³-hybridized carbons (Fsp3) is 0.577. The van der Waals surface area contributed by atoms with E-state index in [0.717, 1.165) is 18.4 Å². The number of carbonyl (C=O) groups is 1. The molecule has 2 aromatic rings. The summed E-state index contributed by atoms with van der Waals surface area (Å²) >= 11 is 0. The highest BCUT2D eigenvalue weighted by atomic mass is 32.2. The lowest BCUT2D eigenvalue weighted by Crippen LogP contribution is -2.48. The fourth-order valence-electron chi connectivity index (χ4n) is 4.72. The van der Waals surface area contributed by atoms with E-state index < -0.39 is 26.2 Å². The minimum Gasteiger partial charge on any atom is -0.394 e. The number of carbonyl (C=O) groups excluding carboxylic acids is 1. The molecule has 1 atom stereocenters. The lowest BCUT2D eigenvalue weighted by molar-refractivity contribution is 0.0985. The molecule has 0 spiro atoms. The second-order valence-electron chi connectivity index (χ2n) is 11.0. The number of ether oxygens (including phenoxy) is 1. The smallest absolute Gasteiger partial charge is 0.319 e. The number of benzene rings is 1. The summed E-state index contributed by atoms with van der Waals surface area (Å²) in [5.74, 6) is 1.17. The van der Waals surface area contributed by atoms with Gasteiger partial charge in [0.15, 0.2) is 15.7 Å². The van der Waals surface area contributed by atoms with Gasteiger partial charge in [0.25, 0.3) is 0 Å². The number of nitrogens with one attached hydrogen (secondary N) is 2. The van der Waals surface area contributed by atoms with Crippen molar-refractivity contribution in [2.24, 2.45) is 0 Å². The molecule has 3 N–H and O–H groups in total. The number of hydrogen-bond donors (Lipinski definition) is 3. The van der Waals surface area contributed by atoms with Gasteiger partial charge >= 0.3 is 6.03 Å². The van der Waals surface area contributed by atoms with Crippen LogP contribution in [-0.2, 0) is 19.3 Å². The number of amides is 2. The van der Waals surface area contributed by atoms with Crippen molar-refractivity contribution in [1.29, 1.82) is 0 Å². The number of urea groups is 1. The summed E-state index contributed by atoms with van der Waals surface area (Å²) in [4.78, 5) is 24.1. The van der Waals surface area contributed by atoms with Crippen LogP contribution in [0.1, 0.15) is 52.1 Å². The Morgan fingerprint density at radius 3 is 2.51 bits per heavy atom. The van der Waals surface area contributed by atoms with Crippen molar-refractivity contribution in [3.8, 4) is 11.4 Å². The van der Waals surface area contributed by atoms with E-state index in [2.05, 4.69) is 22.5 Å². The zero-order valence-corrected chi connectivity index (χ0v) is 22.3. The Morgan fingerprint density at radius 1 is 1.22 bits per heavy atom. The largest absolute Gasteiger partial charge is 0.394 e. The van der Waals surface area contributed by atoms with Gasteiger partial charge in [0.1, 0.15) is 10.6 Å². The normalized spacial score (nSPS) is 21.4. The summed E-state index contributed by atoms with van der Waals surface area (Å²) in [6.07, 6.45) is 2.63. The summed E-state index contributed by atoms with van der Waals surface area (Å²) < 4.78 is 31.5. The van der Waals surface area contributed by atoms with Gasteiger partial charge in [-0.3, -0.25) is 0 Å². The highest BCUT2D eigenvalue weighted by Gasteiger charge is 2.61. The second-order valence-corrected chi connectivity index (χ2v) is 13.5. The van der Waals surface area contributed by atoms with Crippen LogP contribution in [0.25, 0.3) is 11.4 Å². The molecule has 200 valence electrons. The maximum absolute atomic E-state index is 13.4. The van der Waals surface area contributed by atoms with Crippen LogP contribution in [0, 0.1) is 0 Å². The molecule has 0 bridgehead atoms. The molecular weight excluding hydrogens is 494 g/mol. The van der Waals surface area contributed by atoms with E-state index in [9.17, 15) is 18.3 Å². The van der Waals surface area contributed by atoms with Crippen LogP contribution < -0.4 is 15.5 Å². The zero-order chi connectivity index (χ0) is 26.4. The first-order chi connectivity index (χ1) is 17.5. The molecule has 37 heavy (non-hydrogen) atoms. The van der Waals surface area contributed by atoms with E-state index >= 15 is 0 Å². The zero-order valence-electron chi connectivity index (χ0n) is 21.5. The summed E-state index contributed by atoms with van der Waals surface area (Å²) in [7, 11) is -3.31. The third-order valence-corrected chi connectivity index (χ3v) is 10.4. The molecule has 2 saturated carbocycles. The van der Waals surface area contributed by atoms with Gasteiger partial charge in [-0.15, -0.1) is 0 Å². The Hall–Kier alpha value is -2.76. The number of nitrogens with zero attached hydrogens (tertiary/aromatic N) is 3. The summed E-state index contributed by atoms with van der Waals surface area (Å²) in [5.41, 5.74) is 1.13. The Balaban J connectivity index is 1.46. The molecule has 2 amide bonds. The number of aliphatic hydroxyl groups is 1. The number of anilines is 2. The van der Waals surface area contributed by atoms with Crippen molar-refractivity contribution in [3.63, 3.8) is 0 Å². The molecular formula is C26H35N5O5S. The average Bonchev–Trinajstić information content (AvgIpc) is 3.77. The van der Waals surface area contributed by atoms with Gasteiger partial charge in [0.2, 0.25) is 0 Å². The van der Waals surface area contributed by atoms with Crippen LogP contribution in [0.4, 0.5) is 16.3 Å². The topological polar surface area (TPSA) is 134 Å². The Labute approximate surface area is 217 Å². The molecule has 1 saturated heterocycles. The maximum Gasteiger partial charge on any atom is 0.319 e. The van der Waals surface area contributed by atoms with E-state index in [-0.39, 0.29) is 17.9 Å². The third-order valence-electron chi connectivity index (χ3n) is 7.30. The van der Waals surface area contributed by atoms with Crippen LogP contribution >= 0.6 is 0 Å². The molecule has 0 unspecified atom stereocenters. The van der Waals surface area contributed by atoms with Crippen LogP contribution in [0.3, 0.4) is 0 Å². The van der Waals surface area contributed by atoms with Gasteiger partial charge in [-0.05, 0) is 70.7 Å². The highest BCUT2D eigenvalue weighted by molar-refractivity contribution is 7.93. The number of aliphatic hydroxyl groups excluding tert-OH is 1. The summed E-state index contributed by atoms with van der Waals surface area (Å²) in [6.45, 7) is 7.16. The van der Waals surface area contributed by atoms with Crippen molar-refractivity contribution >= 4 is 27.4 Å². The van der Waals surface area contributed by atoms with Gasteiger partial charge < -0.3 is 25.4 Å². The quantitative estimate of drug-likeness (QED) is 0.475. The van der Waals surface area contributed by atoms with Crippen LogP contribution in [0.15, 0.2) is 30.3 Å². The predicted octanol–water partition coefficient (Wildman–Crippen LogP) is 2.83. The van der Waals surface area contributed by atoms with E-state index in [0.29, 0.717) is 55.6 Å². The fourth-order valence-corrected chi connectivity index (χ4v) is 7.18. The highest BCUT2D eigenvalue weighted by Crippen LogP contribution is 2.57. The first kappa shape index (κ1) is 25.9. The molecule has 3 fully saturated rings. The maximum atomic E-state index is 13.4. The molecule has 2 aliphatic carbocycles. The molecule has 1 aromatic heterocycles. The Kier molecular flexibility index (Phi) is 6.66. The van der Waals surface area contributed by atoms with E-state index in [4.69, 9.17) is 14.7 Å². The molecule has 10 nitrogen and oxygen atoms in total. The molecule has 1 aromatic carbocycles. The number of morpholine rings is 1. The number of sulfone groups is 1. The van der Waals surface area contributed by atoms with Gasteiger partial charge in [-0.25, -0.2) is 23.2 Å². The lowest BCUT2D eigenvalue weighted by Gasteiger charge is -2.34. The first-order valence-corrected chi connectivity index (χ1v) is 14.4. The molecule has 11 heteroatoms. The van der Waals surface area contributed by atoms with Gasteiger partial charge in [-0.1, -0.05) is 0 Å². The molecule has 0 radical (unpaired) electrons. The van der Waals surface area contributed by atoms with Crippen molar-refractivity contribution in [3.05, 3.63) is 36.0 Å². The van der Waals surface area contributed by atoms with Crippen molar-refractivity contribution in [1.82, 2.24) is 15.3 Å². The summed E-state index contributed by atoms with van der Waals surface area (Å²) in [6, 6.07) is 8.67. The minimum atomic E-state index is -3.31. The van der Waals surface area contributed by atoms with Crippen molar-refractivity contribution in [2.45, 2.75) is 68.0 Å². The van der Waals surface area contributed by atoms with E-state index in [1.165, 1.54) is 0 Å². The van der Waals surface area contributed by atoms with Crippen molar-refractivity contribution < 1.29 is 23.1 Å². The van der Waals surface area contributed by atoms with Crippen molar-refractivity contribution in [2.75, 3.05) is 36.6 Å². The average molecular weight is 530 g/mol. The molecule has 3 aliphatic rings. The minimum absolute atomic E-state index is 0.104. The molecule has 2 heterocycles. The van der Waals surface area contributed by atoms with Gasteiger partial charge in [0, 0.05) is 23.9 Å². The van der Waals surface area contributed by atoms with Crippen LogP contribution in [0.5, 0.6) is 0 Å². The Morgan fingerprint density at radius 2 is 1.92 bits per heavy atom. The second kappa shape index (κ2) is 9.52.